The van der Waals surface area contributed by atoms with Crippen LogP contribution in [0.3, 0.4) is 0 Å². The molecular weight excluding hydrogens is 386 g/mol. The lowest BCUT2D eigenvalue weighted by Gasteiger charge is -2.25. The summed E-state index contributed by atoms with van der Waals surface area (Å²) in [6.07, 6.45) is 3.70. The smallest absolute Gasteiger partial charge is 0.0705 e. The van der Waals surface area contributed by atoms with Gasteiger partial charge < -0.3 is 5.32 Å². The maximum atomic E-state index is 3.72. The van der Waals surface area contributed by atoms with Gasteiger partial charge in [0.05, 0.1) is 9.83 Å². The molecule has 2 aromatic rings. The van der Waals surface area contributed by atoms with Crippen molar-refractivity contribution >= 4 is 48.9 Å². The van der Waals surface area contributed by atoms with Crippen molar-refractivity contribution in [3.63, 3.8) is 0 Å². The molecule has 0 spiro atoms. The molecule has 1 N–H and O–H groups in total. The first-order valence-corrected chi connectivity index (χ1v) is 8.85. The van der Waals surface area contributed by atoms with E-state index in [0.717, 1.165) is 0 Å². The van der Waals surface area contributed by atoms with Crippen LogP contribution in [0.1, 0.15) is 34.9 Å². The predicted octanol–water partition coefficient (Wildman–Crippen LogP) is 6.07. The number of hydrogen-bond acceptors (Lipinski definition) is 2. The average molecular weight is 401 g/mol. The van der Waals surface area contributed by atoms with Crippen molar-refractivity contribution in [2.24, 2.45) is 0 Å². The Morgan fingerprint density at radius 1 is 1.32 bits per heavy atom. The molecule has 1 atom stereocenters. The van der Waals surface area contributed by atoms with Crippen LogP contribution in [-0.2, 0) is 6.42 Å². The molecule has 1 aromatic heterocycles. The van der Waals surface area contributed by atoms with Gasteiger partial charge >= 0.3 is 0 Å². The standard InChI is InChI=1S/C15H15Br2NS/c1-9-11(16)4-2-5-12(9)18-13-6-3-7-14-10(13)8-15(17)19-14/h2,4-5,8,13,18H,3,6-7H2,1H3. The third-order valence-electron chi connectivity index (χ3n) is 3.68. The topological polar surface area (TPSA) is 12.0 Å². The molecule has 0 bridgehead atoms. The molecule has 0 saturated carbocycles. The number of thiophene rings is 1. The SMILES string of the molecule is Cc1c(Br)cccc1NC1CCCc2sc(Br)cc21. The van der Waals surface area contributed by atoms with Crippen molar-refractivity contribution in [1.82, 2.24) is 0 Å². The number of fused-ring (bicyclic) bond motifs is 1. The quantitative estimate of drug-likeness (QED) is 0.644. The van der Waals surface area contributed by atoms with Crippen molar-refractivity contribution in [1.29, 1.82) is 0 Å². The molecule has 1 heterocycles. The lowest BCUT2D eigenvalue weighted by molar-refractivity contribution is 0.608. The van der Waals surface area contributed by atoms with Gasteiger partial charge in [0.25, 0.3) is 0 Å². The fourth-order valence-corrected chi connectivity index (χ4v) is 4.81. The third-order valence-corrected chi connectivity index (χ3v) is 6.25. The first kappa shape index (κ1) is 13.7. The van der Waals surface area contributed by atoms with Crippen LogP contribution in [0.25, 0.3) is 0 Å². The molecule has 1 unspecified atom stereocenters. The van der Waals surface area contributed by atoms with Crippen LogP contribution in [0, 0.1) is 6.92 Å². The highest BCUT2D eigenvalue weighted by Gasteiger charge is 2.23. The van der Waals surface area contributed by atoms with Gasteiger partial charge in [0.1, 0.15) is 0 Å². The Kier molecular flexibility index (Phi) is 4.01. The maximum Gasteiger partial charge on any atom is 0.0705 e. The second-order valence-electron chi connectivity index (χ2n) is 4.93. The van der Waals surface area contributed by atoms with Gasteiger partial charge in [-0.15, -0.1) is 11.3 Å². The van der Waals surface area contributed by atoms with E-state index in [4.69, 9.17) is 0 Å². The molecule has 1 nitrogen and oxygen atoms in total. The number of aryl methyl sites for hydroxylation is 1. The van der Waals surface area contributed by atoms with E-state index in [1.54, 1.807) is 0 Å². The predicted molar refractivity (Wildman–Crippen MR) is 90.2 cm³/mol. The Morgan fingerprint density at radius 2 is 2.16 bits per heavy atom. The molecular formula is C15H15Br2NS. The molecule has 1 aliphatic rings. The molecule has 0 fully saturated rings. The summed E-state index contributed by atoms with van der Waals surface area (Å²) < 4.78 is 2.41. The molecule has 4 heteroatoms. The van der Waals surface area contributed by atoms with Crippen LogP contribution in [0.2, 0.25) is 0 Å². The summed E-state index contributed by atoms with van der Waals surface area (Å²) in [5.41, 5.74) is 3.99. The maximum absolute atomic E-state index is 3.72. The molecule has 3 rings (SSSR count). The number of benzene rings is 1. The van der Waals surface area contributed by atoms with Gasteiger partial charge in [0.15, 0.2) is 0 Å². The Morgan fingerprint density at radius 3 is 3.00 bits per heavy atom. The highest BCUT2D eigenvalue weighted by Crippen LogP contribution is 2.40. The Labute approximate surface area is 134 Å². The van der Waals surface area contributed by atoms with Crippen LogP contribution in [0.4, 0.5) is 5.69 Å². The number of rotatable bonds is 2. The molecule has 0 radical (unpaired) electrons. The first-order chi connectivity index (χ1) is 9.15. The van der Waals surface area contributed by atoms with Gasteiger partial charge in [0.2, 0.25) is 0 Å². The van der Waals surface area contributed by atoms with Gasteiger partial charge in [-0.05, 0) is 71.4 Å². The summed E-state index contributed by atoms with van der Waals surface area (Å²) in [5, 5.41) is 3.72. The van der Waals surface area contributed by atoms with Crippen LogP contribution < -0.4 is 5.32 Å². The van der Waals surface area contributed by atoms with Gasteiger partial charge in [-0.25, -0.2) is 0 Å². The second kappa shape index (κ2) is 5.58. The van der Waals surface area contributed by atoms with Crippen molar-refractivity contribution in [3.05, 3.63) is 48.5 Å². The number of halogens is 2. The molecule has 100 valence electrons. The van der Waals surface area contributed by atoms with Crippen molar-refractivity contribution in [2.45, 2.75) is 32.2 Å². The lowest BCUT2D eigenvalue weighted by Crippen LogP contribution is -2.16. The first-order valence-electron chi connectivity index (χ1n) is 6.45. The van der Waals surface area contributed by atoms with E-state index in [2.05, 4.69) is 68.4 Å². The van der Waals surface area contributed by atoms with Crippen LogP contribution in [0.15, 0.2) is 32.5 Å². The van der Waals surface area contributed by atoms with Crippen LogP contribution in [0.5, 0.6) is 0 Å². The molecule has 0 aliphatic heterocycles. The average Bonchev–Trinajstić information content (AvgIpc) is 2.76. The minimum atomic E-state index is 0.444. The van der Waals surface area contributed by atoms with E-state index in [1.165, 1.54) is 49.2 Å². The molecule has 0 amide bonds. The minimum absolute atomic E-state index is 0.444. The zero-order valence-corrected chi connectivity index (χ0v) is 14.7. The van der Waals surface area contributed by atoms with Crippen LogP contribution >= 0.6 is 43.2 Å². The zero-order chi connectivity index (χ0) is 13.4. The minimum Gasteiger partial charge on any atom is -0.378 e. The van der Waals surface area contributed by atoms with Crippen molar-refractivity contribution in [2.75, 3.05) is 5.32 Å². The van der Waals surface area contributed by atoms with Crippen LogP contribution in [-0.4, -0.2) is 0 Å². The monoisotopic (exact) mass is 399 g/mol. The summed E-state index contributed by atoms with van der Waals surface area (Å²) in [6.45, 7) is 2.15. The molecule has 0 saturated heterocycles. The van der Waals surface area contributed by atoms with E-state index >= 15 is 0 Å². The molecule has 1 aliphatic carbocycles. The summed E-state index contributed by atoms with van der Waals surface area (Å²) in [4.78, 5) is 1.53. The fourth-order valence-electron chi connectivity index (χ4n) is 2.62. The second-order valence-corrected chi connectivity index (χ2v) is 8.30. The lowest BCUT2D eigenvalue weighted by atomic mass is 9.93. The van der Waals surface area contributed by atoms with E-state index in [1.807, 2.05) is 11.3 Å². The van der Waals surface area contributed by atoms with Gasteiger partial charge in [0, 0.05) is 15.0 Å². The van der Waals surface area contributed by atoms with Crippen molar-refractivity contribution in [3.8, 4) is 0 Å². The highest BCUT2D eigenvalue weighted by molar-refractivity contribution is 9.11. The zero-order valence-electron chi connectivity index (χ0n) is 10.7. The van der Waals surface area contributed by atoms with Gasteiger partial charge in [-0.3, -0.25) is 0 Å². The summed E-state index contributed by atoms with van der Waals surface area (Å²) in [6, 6.07) is 9.07. The molecule has 19 heavy (non-hydrogen) atoms. The van der Waals surface area contributed by atoms with E-state index < -0.39 is 0 Å². The number of anilines is 1. The Balaban J connectivity index is 1.90. The normalized spacial score (nSPS) is 18.2. The Hall–Kier alpha value is -0.320. The van der Waals surface area contributed by atoms with Gasteiger partial charge in [-0.1, -0.05) is 22.0 Å². The fraction of sp³-hybridized carbons (Fsp3) is 0.333. The van der Waals surface area contributed by atoms with E-state index in [9.17, 15) is 0 Å². The highest BCUT2D eigenvalue weighted by atomic mass is 79.9. The Bertz CT molecular complexity index is 606. The number of hydrogen-bond donors (Lipinski definition) is 1. The summed E-state index contributed by atoms with van der Waals surface area (Å²) in [5.74, 6) is 0. The van der Waals surface area contributed by atoms with Gasteiger partial charge in [-0.2, -0.15) is 0 Å². The third kappa shape index (κ3) is 2.76. The van der Waals surface area contributed by atoms with E-state index in [0.29, 0.717) is 6.04 Å². The number of nitrogens with one attached hydrogen (secondary N) is 1. The summed E-state index contributed by atoms with van der Waals surface area (Å²) in [7, 11) is 0. The van der Waals surface area contributed by atoms with Crippen molar-refractivity contribution < 1.29 is 0 Å². The molecule has 1 aromatic carbocycles. The summed E-state index contributed by atoms with van der Waals surface area (Å²) >= 11 is 9.10. The largest absolute Gasteiger partial charge is 0.378 e. The van der Waals surface area contributed by atoms with E-state index in [-0.39, 0.29) is 0 Å².